The number of anilines is 1. The van der Waals surface area contributed by atoms with Gasteiger partial charge in [0.25, 0.3) is 11.6 Å². The second kappa shape index (κ2) is 4.92. The van der Waals surface area contributed by atoms with Crippen molar-refractivity contribution in [3.05, 3.63) is 33.9 Å². The van der Waals surface area contributed by atoms with E-state index in [4.69, 9.17) is 11.5 Å². The van der Waals surface area contributed by atoms with Gasteiger partial charge in [-0.25, -0.2) is 0 Å². The van der Waals surface area contributed by atoms with E-state index in [1.807, 2.05) is 0 Å². The van der Waals surface area contributed by atoms with Crippen molar-refractivity contribution in [2.75, 3.05) is 5.73 Å². The summed E-state index contributed by atoms with van der Waals surface area (Å²) in [7, 11) is 0. The molecule has 0 radical (unpaired) electrons. The van der Waals surface area contributed by atoms with Crippen LogP contribution in [-0.2, 0) is 4.79 Å². The molecule has 0 aliphatic carbocycles. The summed E-state index contributed by atoms with van der Waals surface area (Å²) >= 11 is 0. The SMILES string of the molecule is CC(C)(NC(=O)c1ccc([N+](=O)[O-])c(N)c1)C(N)=O. The van der Waals surface area contributed by atoms with E-state index in [1.54, 1.807) is 0 Å². The molecule has 0 heterocycles. The molecule has 0 bridgehead atoms. The van der Waals surface area contributed by atoms with Gasteiger partial charge in [0, 0.05) is 11.6 Å². The first kappa shape index (κ1) is 14.4. The Hall–Kier alpha value is -2.64. The van der Waals surface area contributed by atoms with Crippen LogP contribution in [-0.4, -0.2) is 22.3 Å². The minimum atomic E-state index is -1.23. The van der Waals surface area contributed by atoms with Crippen LogP contribution in [0.5, 0.6) is 0 Å². The maximum Gasteiger partial charge on any atom is 0.292 e. The highest BCUT2D eigenvalue weighted by molar-refractivity contribution is 5.99. The number of carbonyl (C=O) groups is 2. The van der Waals surface area contributed by atoms with Crippen LogP contribution < -0.4 is 16.8 Å². The summed E-state index contributed by atoms with van der Waals surface area (Å²) in [5, 5.41) is 13.0. The minimum Gasteiger partial charge on any atom is -0.393 e. The summed E-state index contributed by atoms with van der Waals surface area (Å²) in [5.41, 5.74) is 9.06. The molecular weight excluding hydrogens is 252 g/mol. The zero-order valence-corrected chi connectivity index (χ0v) is 10.5. The number of hydrogen-bond donors (Lipinski definition) is 3. The highest BCUT2D eigenvalue weighted by atomic mass is 16.6. The first-order chi connectivity index (χ1) is 8.65. The van der Waals surface area contributed by atoms with Gasteiger partial charge in [-0.1, -0.05) is 0 Å². The van der Waals surface area contributed by atoms with Gasteiger partial charge in [-0.3, -0.25) is 19.7 Å². The quantitative estimate of drug-likeness (QED) is 0.404. The van der Waals surface area contributed by atoms with Gasteiger partial charge in [0.05, 0.1) is 4.92 Å². The Morgan fingerprint density at radius 1 is 1.37 bits per heavy atom. The molecule has 2 amide bonds. The van der Waals surface area contributed by atoms with Crippen LogP contribution in [0.4, 0.5) is 11.4 Å². The molecule has 1 rings (SSSR count). The Labute approximate surface area is 108 Å². The summed E-state index contributed by atoms with van der Waals surface area (Å²) in [5.74, 6) is -1.29. The van der Waals surface area contributed by atoms with Crippen molar-refractivity contribution in [2.45, 2.75) is 19.4 Å². The summed E-state index contributed by atoms with van der Waals surface area (Å²) in [6, 6.07) is 3.55. The number of rotatable bonds is 4. The van der Waals surface area contributed by atoms with Gasteiger partial charge in [0.15, 0.2) is 0 Å². The summed E-state index contributed by atoms with van der Waals surface area (Å²) in [6.45, 7) is 2.89. The van der Waals surface area contributed by atoms with E-state index < -0.39 is 22.3 Å². The van der Waals surface area contributed by atoms with Gasteiger partial charge in [0.1, 0.15) is 11.2 Å². The van der Waals surface area contributed by atoms with Crippen LogP contribution in [0.1, 0.15) is 24.2 Å². The van der Waals surface area contributed by atoms with Crippen LogP contribution in [0.3, 0.4) is 0 Å². The number of primary amides is 1. The fourth-order valence-electron chi connectivity index (χ4n) is 1.28. The molecule has 1 aromatic rings. The van der Waals surface area contributed by atoms with Crippen molar-refractivity contribution >= 4 is 23.2 Å². The van der Waals surface area contributed by atoms with Gasteiger partial charge in [-0.05, 0) is 26.0 Å². The molecule has 8 heteroatoms. The van der Waals surface area contributed by atoms with Crippen LogP contribution in [0.15, 0.2) is 18.2 Å². The van der Waals surface area contributed by atoms with E-state index in [1.165, 1.54) is 26.0 Å². The highest BCUT2D eigenvalue weighted by Crippen LogP contribution is 2.22. The molecule has 0 saturated carbocycles. The fraction of sp³-hybridized carbons (Fsp3) is 0.273. The largest absolute Gasteiger partial charge is 0.393 e. The van der Waals surface area contributed by atoms with Gasteiger partial charge < -0.3 is 16.8 Å². The molecule has 0 aliphatic heterocycles. The molecule has 5 N–H and O–H groups in total. The lowest BCUT2D eigenvalue weighted by Gasteiger charge is -2.22. The minimum absolute atomic E-state index is 0.109. The number of carbonyl (C=O) groups excluding carboxylic acids is 2. The normalized spacial score (nSPS) is 10.8. The molecule has 19 heavy (non-hydrogen) atoms. The number of nitrogens with one attached hydrogen (secondary N) is 1. The average Bonchev–Trinajstić information content (AvgIpc) is 2.27. The third-order valence-corrected chi connectivity index (χ3v) is 2.53. The third-order valence-electron chi connectivity index (χ3n) is 2.53. The van der Waals surface area contributed by atoms with Gasteiger partial charge in [0.2, 0.25) is 5.91 Å². The Bertz CT molecular complexity index is 554. The van der Waals surface area contributed by atoms with Crippen molar-refractivity contribution in [1.29, 1.82) is 0 Å². The van der Waals surface area contributed by atoms with Crippen LogP contribution in [0.25, 0.3) is 0 Å². The first-order valence-electron chi connectivity index (χ1n) is 5.31. The molecule has 102 valence electrons. The van der Waals surface area contributed by atoms with Gasteiger partial charge >= 0.3 is 0 Å². The van der Waals surface area contributed by atoms with E-state index in [0.717, 1.165) is 6.07 Å². The highest BCUT2D eigenvalue weighted by Gasteiger charge is 2.27. The molecule has 0 saturated heterocycles. The van der Waals surface area contributed by atoms with E-state index in [-0.39, 0.29) is 16.9 Å². The van der Waals surface area contributed by atoms with E-state index in [2.05, 4.69) is 5.32 Å². The lowest BCUT2D eigenvalue weighted by Crippen LogP contribution is -2.53. The fourth-order valence-corrected chi connectivity index (χ4v) is 1.28. The number of hydrogen-bond acceptors (Lipinski definition) is 5. The smallest absolute Gasteiger partial charge is 0.292 e. The third kappa shape index (κ3) is 3.18. The number of nitrogen functional groups attached to an aromatic ring is 1. The lowest BCUT2D eigenvalue weighted by molar-refractivity contribution is -0.383. The van der Waals surface area contributed by atoms with Crippen LogP contribution in [0, 0.1) is 10.1 Å². The Morgan fingerprint density at radius 2 is 1.95 bits per heavy atom. The second-order valence-corrected chi connectivity index (χ2v) is 4.47. The van der Waals surface area contributed by atoms with Crippen LogP contribution in [0.2, 0.25) is 0 Å². The van der Waals surface area contributed by atoms with Crippen molar-refractivity contribution in [3.8, 4) is 0 Å². The van der Waals surface area contributed by atoms with Crippen molar-refractivity contribution in [2.24, 2.45) is 5.73 Å². The topological polar surface area (TPSA) is 141 Å². The van der Waals surface area contributed by atoms with Gasteiger partial charge in [-0.2, -0.15) is 0 Å². The molecule has 0 spiro atoms. The monoisotopic (exact) mass is 266 g/mol. The number of nitro benzene ring substituents is 1. The molecular formula is C11H14N4O4. The lowest BCUT2D eigenvalue weighted by atomic mass is 10.0. The van der Waals surface area contributed by atoms with Crippen LogP contribution >= 0.6 is 0 Å². The van der Waals surface area contributed by atoms with Crippen molar-refractivity contribution < 1.29 is 14.5 Å². The number of nitrogens with zero attached hydrogens (tertiary/aromatic N) is 1. The average molecular weight is 266 g/mol. The number of benzene rings is 1. The zero-order chi connectivity index (χ0) is 14.8. The van der Waals surface area contributed by atoms with Gasteiger partial charge in [-0.15, -0.1) is 0 Å². The first-order valence-corrected chi connectivity index (χ1v) is 5.31. The molecule has 8 nitrogen and oxygen atoms in total. The van der Waals surface area contributed by atoms with E-state index in [9.17, 15) is 19.7 Å². The molecule has 0 fully saturated rings. The molecule has 0 aliphatic rings. The van der Waals surface area contributed by atoms with Crippen molar-refractivity contribution in [3.63, 3.8) is 0 Å². The summed E-state index contributed by atoms with van der Waals surface area (Å²) in [6.07, 6.45) is 0. The number of nitrogens with two attached hydrogens (primary N) is 2. The Kier molecular flexibility index (Phi) is 3.74. The zero-order valence-electron chi connectivity index (χ0n) is 10.5. The molecule has 0 atom stereocenters. The number of nitro groups is 1. The Balaban J connectivity index is 2.99. The Morgan fingerprint density at radius 3 is 2.37 bits per heavy atom. The maximum absolute atomic E-state index is 11.9. The summed E-state index contributed by atoms with van der Waals surface area (Å²) in [4.78, 5) is 32.9. The molecule has 1 aromatic carbocycles. The van der Waals surface area contributed by atoms with E-state index in [0.29, 0.717) is 0 Å². The number of amides is 2. The summed E-state index contributed by atoms with van der Waals surface area (Å²) < 4.78 is 0. The second-order valence-electron chi connectivity index (χ2n) is 4.47. The van der Waals surface area contributed by atoms with Crippen molar-refractivity contribution in [1.82, 2.24) is 5.32 Å². The van der Waals surface area contributed by atoms with E-state index >= 15 is 0 Å². The predicted molar refractivity (Wildman–Crippen MR) is 68.2 cm³/mol. The predicted octanol–water partition coefficient (Wildman–Crippen LogP) is 0.171. The standard InChI is InChI=1S/C11H14N4O4/c1-11(2,10(13)17)14-9(16)6-3-4-8(15(18)19)7(12)5-6/h3-5H,12H2,1-2H3,(H2,13,17)(H,14,16). The molecule has 0 aromatic heterocycles. The molecule has 0 unspecified atom stereocenters. The maximum atomic E-state index is 11.9.